The zero-order valence-corrected chi connectivity index (χ0v) is 13.7. The zero-order chi connectivity index (χ0) is 17.3. The summed E-state index contributed by atoms with van der Waals surface area (Å²) in [7, 11) is 0. The van der Waals surface area contributed by atoms with E-state index in [0.717, 1.165) is 0 Å². The van der Waals surface area contributed by atoms with Gasteiger partial charge in [-0.15, -0.1) is 0 Å². The minimum atomic E-state index is -0.292. The molecule has 0 saturated carbocycles. The van der Waals surface area contributed by atoms with Crippen molar-refractivity contribution >= 4 is 17.7 Å². The average molecular weight is 332 g/mol. The van der Waals surface area contributed by atoms with Crippen LogP contribution in [0.25, 0.3) is 0 Å². The van der Waals surface area contributed by atoms with E-state index in [4.69, 9.17) is 10.3 Å². The molecule has 1 aliphatic heterocycles. The molecule has 0 atom stereocenters. The molecule has 0 aromatic carbocycles. The molecule has 3 N–H and O–H groups in total. The summed E-state index contributed by atoms with van der Waals surface area (Å²) in [6, 6.07) is 3.10. The Morgan fingerprint density at radius 3 is 2.58 bits per heavy atom. The fourth-order valence-corrected chi connectivity index (χ4v) is 2.59. The van der Waals surface area contributed by atoms with Crippen molar-refractivity contribution in [2.75, 3.05) is 36.8 Å². The summed E-state index contributed by atoms with van der Waals surface area (Å²) in [6.45, 7) is 6.11. The smallest absolute Gasteiger partial charge is 0.276 e. The van der Waals surface area contributed by atoms with E-state index >= 15 is 0 Å². The van der Waals surface area contributed by atoms with E-state index in [2.05, 4.69) is 15.1 Å². The third-order valence-electron chi connectivity index (χ3n) is 3.95. The predicted molar refractivity (Wildman–Crippen MR) is 88.0 cm³/mol. The topological polar surface area (TPSA) is 121 Å². The molecule has 9 nitrogen and oxygen atoms in total. The molecule has 0 aliphatic carbocycles. The number of nitrogens with two attached hydrogens (primary N) is 1. The first-order valence-corrected chi connectivity index (χ1v) is 7.81. The Kier molecular flexibility index (Phi) is 4.24. The monoisotopic (exact) mass is 332 g/mol. The number of hydrogen-bond donors (Lipinski definition) is 2. The van der Waals surface area contributed by atoms with E-state index in [-0.39, 0.29) is 23.3 Å². The summed E-state index contributed by atoms with van der Waals surface area (Å²) in [6.07, 6.45) is 0. The van der Waals surface area contributed by atoms with Crippen LogP contribution in [0.15, 0.2) is 21.5 Å². The number of carbonyl (C=O) groups is 1. The van der Waals surface area contributed by atoms with Crippen LogP contribution in [-0.2, 0) is 0 Å². The van der Waals surface area contributed by atoms with Crippen LogP contribution in [0.5, 0.6) is 0 Å². The van der Waals surface area contributed by atoms with Gasteiger partial charge < -0.3 is 20.1 Å². The molecule has 0 radical (unpaired) electrons. The molecule has 1 saturated heterocycles. The van der Waals surface area contributed by atoms with Crippen molar-refractivity contribution in [2.45, 2.75) is 19.8 Å². The molecule has 128 valence electrons. The fourth-order valence-electron chi connectivity index (χ4n) is 2.59. The minimum absolute atomic E-state index is 0.0832. The molecule has 0 spiro atoms. The number of anilines is 2. The van der Waals surface area contributed by atoms with Crippen molar-refractivity contribution in [2.24, 2.45) is 0 Å². The quantitative estimate of drug-likeness (QED) is 0.835. The number of amides is 1. The first-order chi connectivity index (χ1) is 11.4. The van der Waals surface area contributed by atoms with Crippen molar-refractivity contribution < 1.29 is 9.32 Å². The van der Waals surface area contributed by atoms with Gasteiger partial charge in [0, 0.05) is 44.2 Å². The number of rotatable bonds is 3. The van der Waals surface area contributed by atoms with Crippen LogP contribution >= 0.6 is 0 Å². The lowest BCUT2D eigenvalue weighted by Crippen LogP contribution is -2.49. The van der Waals surface area contributed by atoms with Gasteiger partial charge in [-0.05, 0) is 0 Å². The summed E-state index contributed by atoms with van der Waals surface area (Å²) < 4.78 is 5.18. The molecule has 1 fully saturated rings. The van der Waals surface area contributed by atoms with E-state index in [1.165, 1.54) is 6.07 Å². The molecule has 3 rings (SSSR count). The first kappa shape index (κ1) is 16.0. The second kappa shape index (κ2) is 6.34. The van der Waals surface area contributed by atoms with E-state index in [1.807, 2.05) is 18.7 Å². The van der Waals surface area contributed by atoms with E-state index in [9.17, 15) is 9.59 Å². The zero-order valence-electron chi connectivity index (χ0n) is 13.7. The van der Waals surface area contributed by atoms with Gasteiger partial charge in [0.1, 0.15) is 11.6 Å². The third-order valence-corrected chi connectivity index (χ3v) is 3.95. The van der Waals surface area contributed by atoms with Gasteiger partial charge in [0.05, 0.1) is 0 Å². The molecule has 24 heavy (non-hydrogen) atoms. The van der Waals surface area contributed by atoms with Gasteiger partial charge in [0.2, 0.25) is 5.95 Å². The highest BCUT2D eigenvalue weighted by atomic mass is 16.5. The van der Waals surface area contributed by atoms with Crippen molar-refractivity contribution in [1.82, 2.24) is 20.0 Å². The minimum Gasteiger partial charge on any atom is -0.369 e. The molecule has 0 unspecified atom stereocenters. The Bertz CT molecular complexity index is 789. The SMILES string of the molecule is CC(C)c1cc(C(=O)N2CCN(c3cc(=O)[nH]c(N)n3)CC2)no1. The normalized spacial score (nSPS) is 15.1. The second-order valence-electron chi connectivity index (χ2n) is 6.04. The molecular weight excluding hydrogens is 312 g/mol. The van der Waals surface area contributed by atoms with Gasteiger partial charge in [-0.2, -0.15) is 4.98 Å². The summed E-state index contributed by atoms with van der Waals surface area (Å²) in [4.78, 5) is 34.1. The van der Waals surface area contributed by atoms with Gasteiger partial charge >= 0.3 is 0 Å². The van der Waals surface area contributed by atoms with E-state index in [0.29, 0.717) is 43.5 Å². The number of aromatic amines is 1. The number of piperazine rings is 1. The molecule has 1 amide bonds. The van der Waals surface area contributed by atoms with Gasteiger partial charge in [-0.3, -0.25) is 14.6 Å². The van der Waals surface area contributed by atoms with Crippen LogP contribution in [0.4, 0.5) is 11.8 Å². The maximum Gasteiger partial charge on any atom is 0.276 e. The highest BCUT2D eigenvalue weighted by Crippen LogP contribution is 2.18. The van der Waals surface area contributed by atoms with Crippen molar-refractivity contribution in [1.29, 1.82) is 0 Å². The molecule has 3 heterocycles. The number of nitrogens with zero attached hydrogens (tertiary/aromatic N) is 4. The van der Waals surface area contributed by atoms with Gasteiger partial charge in [0.25, 0.3) is 11.5 Å². The molecule has 9 heteroatoms. The number of nitrogens with one attached hydrogen (secondary N) is 1. The number of aromatic nitrogens is 3. The number of hydrogen-bond acceptors (Lipinski definition) is 7. The maximum absolute atomic E-state index is 12.5. The second-order valence-corrected chi connectivity index (χ2v) is 6.04. The van der Waals surface area contributed by atoms with Crippen LogP contribution in [0.1, 0.15) is 36.0 Å². The molecule has 2 aromatic heterocycles. The molecule has 1 aliphatic rings. The van der Waals surface area contributed by atoms with Gasteiger partial charge in [0.15, 0.2) is 5.69 Å². The highest BCUT2D eigenvalue weighted by molar-refractivity contribution is 5.92. The van der Waals surface area contributed by atoms with Crippen LogP contribution in [0.3, 0.4) is 0 Å². The van der Waals surface area contributed by atoms with Crippen LogP contribution in [0.2, 0.25) is 0 Å². The fraction of sp³-hybridized carbons (Fsp3) is 0.467. The lowest BCUT2D eigenvalue weighted by atomic mass is 10.1. The molecule has 2 aromatic rings. The average Bonchev–Trinajstić information content (AvgIpc) is 3.03. The van der Waals surface area contributed by atoms with Gasteiger partial charge in [-0.25, -0.2) is 0 Å². The summed E-state index contributed by atoms with van der Waals surface area (Å²) in [5.74, 6) is 1.33. The Balaban J connectivity index is 1.65. The Morgan fingerprint density at radius 2 is 2.00 bits per heavy atom. The number of nitrogen functional groups attached to an aromatic ring is 1. The Labute approximate surface area is 138 Å². The largest absolute Gasteiger partial charge is 0.369 e. The molecule has 0 bridgehead atoms. The Hall–Kier alpha value is -2.84. The van der Waals surface area contributed by atoms with Crippen molar-refractivity contribution in [3.8, 4) is 0 Å². The van der Waals surface area contributed by atoms with Crippen LogP contribution in [0, 0.1) is 0 Å². The van der Waals surface area contributed by atoms with Crippen LogP contribution < -0.4 is 16.2 Å². The lowest BCUT2D eigenvalue weighted by molar-refractivity contribution is 0.0736. The summed E-state index contributed by atoms with van der Waals surface area (Å²) in [5.41, 5.74) is 5.60. The number of H-pyrrole nitrogens is 1. The summed E-state index contributed by atoms with van der Waals surface area (Å²) >= 11 is 0. The maximum atomic E-state index is 12.5. The van der Waals surface area contributed by atoms with Crippen molar-refractivity contribution in [3.63, 3.8) is 0 Å². The summed E-state index contributed by atoms with van der Waals surface area (Å²) in [5, 5.41) is 3.86. The van der Waals surface area contributed by atoms with E-state index < -0.39 is 0 Å². The third kappa shape index (κ3) is 3.24. The number of carbonyl (C=O) groups excluding carboxylic acids is 1. The van der Waals surface area contributed by atoms with Crippen molar-refractivity contribution in [3.05, 3.63) is 33.9 Å². The van der Waals surface area contributed by atoms with Gasteiger partial charge in [-0.1, -0.05) is 19.0 Å². The lowest BCUT2D eigenvalue weighted by Gasteiger charge is -2.34. The first-order valence-electron chi connectivity index (χ1n) is 7.81. The standard InChI is InChI=1S/C15H20N6O3/c1-9(2)11-7-10(19-24-11)14(23)21-5-3-20(4-6-21)12-8-13(22)18-15(16)17-12/h7-9H,3-6H2,1-2H3,(H3,16,17,18,22). The van der Waals surface area contributed by atoms with E-state index in [1.54, 1.807) is 11.0 Å². The predicted octanol–water partition coefficient (Wildman–Crippen LogP) is 0.426. The highest BCUT2D eigenvalue weighted by Gasteiger charge is 2.25. The van der Waals surface area contributed by atoms with Crippen LogP contribution in [-0.4, -0.2) is 52.1 Å². The molecular formula is C15H20N6O3. The Morgan fingerprint density at radius 1 is 1.29 bits per heavy atom.